The molecule has 1 aromatic rings. The Morgan fingerprint density at radius 1 is 1.21 bits per heavy atom. The Balaban J connectivity index is 0.00000385. The first-order valence-electron chi connectivity index (χ1n) is 12.3. The molecule has 0 spiro atoms. The van der Waals surface area contributed by atoms with Gasteiger partial charge in [-0.15, -0.1) is 24.0 Å². The summed E-state index contributed by atoms with van der Waals surface area (Å²) in [7, 11) is 1.77. The van der Waals surface area contributed by atoms with E-state index in [4.69, 9.17) is 14.5 Å². The van der Waals surface area contributed by atoms with E-state index in [0.717, 1.165) is 84.2 Å². The number of halogens is 1. The summed E-state index contributed by atoms with van der Waals surface area (Å²) < 4.78 is 10.9. The fraction of sp³-hybridized carbons (Fsp3) is 0.720. The lowest BCUT2D eigenvalue weighted by molar-refractivity contribution is 0.0374. The summed E-state index contributed by atoms with van der Waals surface area (Å²) in [5, 5.41) is 11.1. The number of benzene rings is 1. The van der Waals surface area contributed by atoms with Crippen LogP contribution in [0, 0.1) is 0 Å². The van der Waals surface area contributed by atoms with Crippen LogP contribution in [0.4, 0.5) is 0 Å². The maximum absolute atomic E-state index is 5.69. The molecule has 1 unspecified atom stereocenters. The molecule has 188 valence electrons. The maximum Gasteiger partial charge on any atom is 0.191 e. The molecule has 8 heteroatoms. The Hall–Kier alpha value is -0.940. The number of methoxy groups -OCH3 is 1. The van der Waals surface area contributed by atoms with Crippen molar-refractivity contribution >= 4 is 29.9 Å². The number of hydrogen-bond acceptors (Lipinski definition) is 5. The molecule has 3 rings (SSSR count). The molecule has 3 N–H and O–H groups in total. The Morgan fingerprint density at radius 2 is 1.91 bits per heavy atom. The third-order valence-corrected chi connectivity index (χ3v) is 6.70. The van der Waals surface area contributed by atoms with Crippen LogP contribution in [0.5, 0.6) is 0 Å². The Bertz CT molecular complexity index is 677. The van der Waals surface area contributed by atoms with Crippen molar-refractivity contribution in [2.75, 3.05) is 59.7 Å². The van der Waals surface area contributed by atoms with Crippen molar-refractivity contribution in [2.24, 2.45) is 4.99 Å². The summed E-state index contributed by atoms with van der Waals surface area (Å²) in [5.41, 5.74) is 1.27. The van der Waals surface area contributed by atoms with Gasteiger partial charge in [0.1, 0.15) is 0 Å². The summed E-state index contributed by atoms with van der Waals surface area (Å²) in [6.07, 6.45) is 4.22. The van der Waals surface area contributed by atoms with Gasteiger partial charge in [-0.2, -0.15) is 0 Å². The average Bonchev–Trinajstić information content (AvgIpc) is 2.83. The van der Waals surface area contributed by atoms with Crippen molar-refractivity contribution in [1.29, 1.82) is 0 Å². The lowest BCUT2D eigenvalue weighted by atomic mass is 9.88. The van der Waals surface area contributed by atoms with Crippen molar-refractivity contribution in [2.45, 2.75) is 57.2 Å². The molecule has 0 amide bonds. The standard InChI is InChI=1S/C25H43N5O2.HI/c1-4-26-24(28-23-10-14-30(15-11-23)16-19-31-3)27-20-25(12-17-32-18-13-25)29-21(2)22-8-6-5-7-9-22;/h5-9,21,23,29H,4,10-20H2,1-3H3,(H2,26,27,28);1H. The highest BCUT2D eigenvalue weighted by Crippen LogP contribution is 2.26. The molecule has 2 heterocycles. The molecule has 1 atom stereocenters. The van der Waals surface area contributed by atoms with Gasteiger partial charge in [-0.25, -0.2) is 0 Å². The monoisotopic (exact) mass is 573 g/mol. The average molecular weight is 574 g/mol. The number of guanidine groups is 1. The SMILES string of the molecule is CCNC(=NCC1(NC(C)c2ccccc2)CCOCC1)NC1CCN(CCOC)CC1.I. The van der Waals surface area contributed by atoms with Gasteiger partial charge >= 0.3 is 0 Å². The zero-order valence-electron chi connectivity index (χ0n) is 20.6. The molecular weight excluding hydrogens is 529 g/mol. The van der Waals surface area contributed by atoms with Crippen LogP contribution in [0.2, 0.25) is 0 Å². The van der Waals surface area contributed by atoms with Crippen LogP contribution in [0.1, 0.15) is 51.1 Å². The van der Waals surface area contributed by atoms with E-state index in [1.807, 2.05) is 0 Å². The highest BCUT2D eigenvalue weighted by Gasteiger charge is 2.34. The van der Waals surface area contributed by atoms with Gasteiger partial charge in [0.05, 0.1) is 13.2 Å². The van der Waals surface area contributed by atoms with Gasteiger partial charge in [-0.1, -0.05) is 30.3 Å². The Labute approximate surface area is 217 Å². The zero-order chi connectivity index (χ0) is 22.7. The van der Waals surface area contributed by atoms with Crippen LogP contribution in [0.15, 0.2) is 35.3 Å². The number of aliphatic imine (C=N–C) groups is 1. The van der Waals surface area contributed by atoms with Crippen LogP contribution < -0.4 is 16.0 Å². The minimum Gasteiger partial charge on any atom is -0.383 e. The first-order chi connectivity index (χ1) is 15.6. The fourth-order valence-corrected chi connectivity index (χ4v) is 4.66. The van der Waals surface area contributed by atoms with E-state index in [1.54, 1.807) is 7.11 Å². The highest BCUT2D eigenvalue weighted by molar-refractivity contribution is 14.0. The first-order valence-corrected chi connectivity index (χ1v) is 12.3. The van der Waals surface area contributed by atoms with Gasteiger partial charge in [0.15, 0.2) is 5.96 Å². The van der Waals surface area contributed by atoms with E-state index in [1.165, 1.54) is 5.56 Å². The Kier molecular flexibility index (Phi) is 13.0. The van der Waals surface area contributed by atoms with Gasteiger partial charge in [-0.05, 0) is 45.1 Å². The molecule has 0 aliphatic carbocycles. The number of likely N-dealkylation sites (tertiary alicyclic amines) is 1. The molecule has 2 saturated heterocycles. The number of nitrogens with one attached hydrogen (secondary N) is 3. The van der Waals surface area contributed by atoms with Gasteiger partial charge in [0, 0.05) is 64.1 Å². The van der Waals surface area contributed by atoms with Crippen LogP contribution >= 0.6 is 24.0 Å². The molecule has 0 bridgehead atoms. The molecule has 0 saturated carbocycles. The Morgan fingerprint density at radius 3 is 2.55 bits per heavy atom. The summed E-state index contributed by atoms with van der Waals surface area (Å²) in [5.74, 6) is 0.933. The predicted octanol–water partition coefficient (Wildman–Crippen LogP) is 3.17. The van der Waals surface area contributed by atoms with Crippen molar-refractivity contribution in [3.05, 3.63) is 35.9 Å². The topological polar surface area (TPSA) is 70.2 Å². The maximum atomic E-state index is 5.69. The first kappa shape index (κ1) is 28.3. The van der Waals surface area contributed by atoms with Crippen LogP contribution in [-0.4, -0.2) is 82.1 Å². The van der Waals surface area contributed by atoms with Crippen molar-refractivity contribution in [3.8, 4) is 0 Å². The summed E-state index contributed by atoms with van der Waals surface area (Å²) in [4.78, 5) is 7.55. The van der Waals surface area contributed by atoms with Gasteiger partial charge in [0.25, 0.3) is 0 Å². The van der Waals surface area contributed by atoms with Gasteiger partial charge in [-0.3, -0.25) is 4.99 Å². The molecular formula is C25H44IN5O2. The normalized spacial score (nSPS) is 20.6. The molecule has 2 fully saturated rings. The number of hydrogen-bond donors (Lipinski definition) is 3. The van der Waals surface area contributed by atoms with E-state index in [-0.39, 0.29) is 35.6 Å². The van der Waals surface area contributed by atoms with Crippen molar-refractivity contribution < 1.29 is 9.47 Å². The second kappa shape index (κ2) is 15.1. The predicted molar refractivity (Wildman–Crippen MR) is 147 cm³/mol. The summed E-state index contributed by atoms with van der Waals surface area (Å²) >= 11 is 0. The smallest absolute Gasteiger partial charge is 0.191 e. The lowest BCUT2D eigenvalue weighted by Crippen LogP contribution is -2.54. The molecule has 2 aliphatic heterocycles. The van der Waals surface area contributed by atoms with E-state index >= 15 is 0 Å². The van der Waals surface area contributed by atoms with E-state index < -0.39 is 0 Å². The third kappa shape index (κ3) is 9.32. The van der Waals surface area contributed by atoms with E-state index in [0.29, 0.717) is 6.04 Å². The quantitative estimate of drug-likeness (QED) is 0.227. The number of ether oxygens (including phenoxy) is 2. The number of rotatable bonds is 10. The molecule has 33 heavy (non-hydrogen) atoms. The van der Waals surface area contributed by atoms with Crippen LogP contribution in [0.25, 0.3) is 0 Å². The third-order valence-electron chi connectivity index (χ3n) is 6.70. The van der Waals surface area contributed by atoms with E-state index in [9.17, 15) is 0 Å². The van der Waals surface area contributed by atoms with Crippen LogP contribution in [0.3, 0.4) is 0 Å². The molecule has 2 aliphatic rings. The summed E-state index contributed by atoms with van der Waals surface area (Å²) in [6.45, 7) is 11.6. The van der Waals surface area contributed by atoms with Crippen LogP contribution in [-0.2, 0) is 9.47 Å². The minimum absolute atomic E-state index is 0. The fourth-order valence-electron chi connectivity index (χ4n) is 4.66. The largest absolute Gasteiger partial charge is 0.383 e. The second-order valence-corrected chi connectivity index (χ2v) is 9.12. The van der Waals surface area contributed by atoms with Gasteiger partial charge in [0.2, 0.25) is 0 Å². The molecule has 1 aromatic carbocycles. The summed E-state index contributed by atoms with van der Waals surface area (Å²) in [6, 6.07) is 11.4. The number of nitrogens with zero attached hydrogens (tertiary/aromatic N) is 2. The minimum atomic E-state index is -0.0423. The zero-order valence-corrected chi connectivity index (χ0v) is 23.0. The molecule has 0 aromatic heterocycles. The van der Waals surface area contributed by atoms with Gasteiger partial charge < -0.3 is 30.3 Å². The second-order valence-electron chi connectivity index (χ2n) is 9.12. The highest BCUT2D eigenvalue weighted by atomic mass is 127. The molecule has 0 radical (unpaired) electrons. The van der Waals surface area contributed by atoms with Crippen molar-refractivity contribution in [3.63, 3.8) is 0 Å². The molecule has 7 nitrogen and oxygen atoms in total. The van der Waals surface area contributed by atoms with E-state index in [2.05, 4.69) is 65.0 Å². The van der Waals surface area contributed by atoms with Crippen molar-refractivity contribution in [1.82, 2.24) is 20.9 Å². The number of piperidine rings is 1. The lowest BCUT2D eigenvalue weighted by Gasteiger charge is -2.39.